The summed E-state index contributed by atoms with van der Waals surface area (Å²) >= 11 is 6.37. The van der Waals surface area contributed by atoms with Crippen molar-refractivity contribution in [1.82, 2.24) is 15.1 Å². The first-order chi connectivity index (χ1) is 18.3. The molecule has 0 aromatic heterocycles. The van der Waals surface area contributed by atoms with Gasteiger partial charge in [-0.15, -0.1) is 0 Å². The number of nitrogens with one attached hydrogen (secondary N) is 1. The first-order valence-electron chi connectivity index (χ1n) is 13.2. The molecular weight excluding hydrogens is 524 g/mol. The molecule has 0 unspecified atom stereocenters. The maximum absolute atomic E-state index is 13.1. The van der Waals surface area contributed by atoms with Crippen molar-refractivity contribution in [1.29, 1.82) is 5.26 Å². The molecule has 2 saturated heterocycles. The number of carbonyl (C=O) groups excluding carboxylic acids is 1. The minimum absolute atomic E-state index is 0.0250. The van der Waals surface area contributed by atoms with Gasteiger partial charge in [0.2, 0.25) is 5.91 Å². The predicted octanol–water partition coefficient (Wildman–Crippen LogP) is 3.19. The number of halogens is 1. The first-order valence-corrected chi connectivity index (χ1v) is 15.3. The van der Waals surface area contributed by atoms with Gasteiger partial charge in [0.1, 0.15) is 11.9 Å². The maximum atomic E-state index is 13.1. The molecule has 0 saturated carbocycles. The largest absolute Gasteiger partial charge is 0.484 e. The van der Waals surface area contributed by atoms with Crippen molar-refractivity contribution >= 4 is 27.3 Å². The van der Waals surface area contributed by atoms with Crippen LogP contribution in [-0.4, -0.2) is 75.2 Å². The molecule has 0 bridgehead atoms. The standard InChI is InChI=1S/C28H33ClN4O4S/c1-2-27(34)33-10-7-19(17-33)18-38(35,36)23-5-3-22(4-6-23)37-28-25-14-21(29)13-20(16-30)24(25)15-26(28)32-11-8-31-9-12-32/h3-6,13-14,19,26,28,31H,2,7-12,15,17-18H2,1H3/t19-,26+,28+/m1/s1. The molecule has 2 aromatic rings. The number of carbonyl (C=O) groups is 1. The van der Waals surface area contributed by atoms with E-state index < -0.39 is 9.84 Å². The fraction of sp³-hybridized carbons (Fsp3) is 0.500. The van der Waals surface area contributed by atoms with Crippen LogP contribution in [0.4, 0.5) is 0 Å². The summed E-state index contributed by atoms with van der Waals surface area (Å²) in [6.45, 7) is 6.49. The molecule has 2 aliphatic heterocycles. The van der Waals surface area contributed by atoms with Crippen LogP contribution >= 0.6 is 11.6 Å². The second-order valence-electron chi connectivity index (χ2n) is 10.3. The average molecular weight is 557 g/mol. The number of fused-ring (bicyclic) bond motifs is 1. The summed E-state index contributed by atoms with van der Waals surface area (Å²) in [5, 5.41) is 13.6. The topological polar surface area (TPSA) is 103 Å². The fourth-order valence-corrected chi connectivity index (χ4v) is 7.80. The lowest BCUT2D eigenvalue weighted by molar-refractivity contribution is -0.129. The van der Waals surface area contributed by atoms with E-state index >= 15 is 0 Å². The average Bonchev–Trinajstić information content (AvgIpc) is 3.53. The van der Waals surface area contributed by atoms with Crippen molar-refractivity contribution < 1.29 is 17.9 Å². The number of likely N-dealkylation sites (tertiary alicyclic amines) is 1. The van der Waals surface area contributed by atoms with Gasteiger partial charge >= 0.3 is 0 Å². The maximum Gasteiger partial charge on any atom is 0.222 e. The highest BCUT2D eigenvalue weighted by Crippen LogP contribution is 2.41. The molecule has 3 aliphatic rings. The Bertz CT molecular complexity index is 1340. The number of hydrogen-bond acceptors (Lipinski definition) is 7. The number of ether oxygens (including phenoxy) is 1. The molecule has 5 rings (SSSR count). The van der Waals surface area contributed by atoms with Gasteiger partial charge in [0, 0.05) is 50.7 Å². The molecule has 3 atom stereocenters. The minimum atomic E-state index is -3.50. The van der Waals surface area contributed by atoms with Crippen molar-refractivity contribution in [2.24, 2.45) is 5.92 Å². The van der Waals surface area contributed by atoms with Crippen LogP contribution in [-0.2, 0) is 21.1 Å². The van der Waals surface area contributed by atoms with Crippen LogP contribution < -0.4 is 10.1 Å². The van der Waals surface area contributed by atoms with Crippen molar-refractivity contribution in [2.75, 3.05) is 45.0 Å². The van der Waals surface area contributed by atoms with Crippen LogP contribution in [0.15, 0.2) is 41.3 Å². The van der Waals surface area contributed by atoms with Gasteiger partial charge in [-0.2, -0.15) is 5.26 Å². The van der Waals surface area contributed by atoms with Gasteiger partial charge in [-0.05, 0) is 66.3 Å². The highest BCUT2D eigenvalue weighted by molar-refractivity contribution is 7.91. The molecule has 202 valence electrons. The van der Waals surface area contributed by atoms with Crippen molar-refractivity contribution in [3.63, 3.8) is 0 Å². The lowest BCUT2D eigenvalue weighted by atomic mass is 10.0. The van der Waals surface area contributed by atoms with Gasteiger partial charge in [-0.3, -0.25) is 9.69 Å². The molecule has 2 aromatic carbocycles. The van der Waals surface area contributed by atoms with E-state index in [9.17, 15) is 18.5 Å². The van der Waals surface area contributed by atoms with Crippen LogP contribution in [0.3, 0.4) is 0 Å². The van der Waals surface area contributed by atoms with Gasteiger partial charge in [-0.25, -0.2) is 8.42 Å². The summed E-state index contributed by atoms with van der Waals surface area (Å²) in [4.78, 5) is 16.4. The van der Waals surface area contributed by atoms with E-state index in [2.05, 4.69) is 16.3 Å². The third-order valence-corrected chi connectivity index (χ3v) is 10.0. The summed E-state index contributed by atoms with van der Waals surface area (Å²) < 4.78 is 32.7. The van der Waals surface area contributed by atoms with Gasteiger partial charge in [0.15, 0.2) is 9.84 Å². The van der Waals surface area contributed by atoms with Crippen LogP contribution in [0.5, 0.6) is 5.75 Å². The molecule has 1 aliphatic carbocycles. The Morgan fingerprint density at radius 3 is 2.61 bits per heavy atom. The van der Waals surface area contributed by atoms with Crippen LogP contribution in [0.2, 0.25) is 5.02 Å². The molecule has 8 nitrogen and oxygen atoms in total. The molecule has 0 radical (unpaired) electrons. The summed E-state index contributed by atoms with van der Waals surface area (Å²) in [5.74, 6) is 0.612. The Kier molecular flexibility index (Phi) is 7.96. The number of benzene rings is 2. The Hall–Kier alpha value is -2.64. The summed E-state index contributed by atoms with van der Waals surface area (Å²) in [5.41, 5.74) is 2.46. The molecule has 10 heteroatoms. The van der Waals surface area contributed by atoms with Gasteiger partial charge in [-0.1, -0.05) is 18.5 Å². The van der Waals surface area contributed by atoms with Crippen LogP contribution in [0.1, 0.15) is 42.6 Å². The number of nitriles is 1. The Balaban J connectivity index is 1.34. The third-order valence-electron chi connectivity index (χ3n) is 7.90. The van der Waals surface area contributed by atoms with E-state index in [0.29, 0.717) is 48.7 Å². The number of sulfone groups is 1. The SMILES string of the molecule is CCC(=O)N1CC[C@@H](CS(=O)(=O)c2ccc(O[C@H]3c4cc(Cl)cc(C#N)c4C[C@@H]3N3CCNCC3)cc2)C1. The van der Waals surface area contributed by atoms with E-state index in [-0.39, 0.29) is 34.6 Å². The van der Waals surface area contributed by atoms with E-state index in [1.54, 1.807) is 35.2 Å². The Morgan fingerprint density at radius 2 is 1.92 bits per heavy atom. The molecule has 2 heterocycles. The van der Waals surface area contributed by atoms with Crippen molar-refractivity contribution in [3.8, 4) is 11.8 Å². The quantitative estimate of drug-likeness (QED) is 0.558. The summed E-state index contributed by atoms with van der Waals surface area (Å²) in [6, 6.07) is 12.5. The zero-order valence-corrected chi connectivity index (χ0v) is 23.1. The smallest absolute Gasteiger partial charge is 0.222 e. The van der Waals surface area contributed by atoms with Crippen LogP contribution in [0, 0.1) is 17.2 Å². The van der Waals surface area contributed by atoms with E-state index in [1.165, 1.54) is 0 Å². The van der Waals surface area contributed by atoms with Gasteiger partial charge in [0.05, 0.1) is 28.3 Å². The predicted molar refractivity (Wildman–Crippen MR) is 145 cm³/mol. The number of piperazine rings is 1. The summed E-state index contributed by atoms with van der Waals surface area (Å²) in [6.07, 6.45) is 1.52. The molecule has 0 spiro atoms. The summed E-state index contributed by atoms with van der Waals surface area (Å²) in [7, 11) is -3.50. The normalized spacial score (nSPS) is 23.7. The Morgan fingerprint density at radius 1 is 1.18 bits per heavy atom. The number of nitrogens with zero attached hydrogens (tertiary/aromatic N) is 3. The van der Waals surface area contributed by atoms with Gasteiger partial charge in [0.25, 0.3) is 0 Å². The molecular formula is C28H33ClN4O4S. The monoisotopic (exact) mass is 556 g/mol. The van der Waals surface area contributed by atoms with Gasteiger partial charge < -0.3 is 15.0 Å². The lowest BCUT2D eigenvalue weighted by Gasteiger charge is -2.36. The molecule has 2 fully saturated rings. The number of rotatable bonds is 7. The molecule has 1 amide bonds. The molecule has 38 heavy (non-hydrogen) atoms. The van der Waals surface area contributed by atoms with Crippen molar-refractivity contribution in [2.45, 2.75) is 43.2 Å². The van der Waals surface area contributed by atoms with E-state index in [0.717, 1.165) is 37.3 Å². The fourth-order valence-electron chi connectivity index (χ4n) is 5.94. The molecule has 1 N–H and O–H groups in total. The highest BCUT2D eigenvalue weighted by Gasteiger charge is 2.40. The lowest BCUT2D eigenvalue weighted by Crippen LogP contribution is -2.50. The highest BCUT2D eigenvalue weighted by atomic mass is 35.5. The third kappa shape index (κ3) is 5.55. The van der Waals surface area contributed by atoms with E-state index in [4.69, 9.17) is 16.3 Å². The number of hydrogen-bond donors (Lipinski definition) is 1. The minimum Gasteiger partial charge on any atom is -0.484 e. The Labute approximate surface area is 229 Å². The first kappa shape index (κ1) is 26.9. The van der Waals surface area contributed by atoms with Crippen LogP contribution in [0.25, 0.3) is 0 Å². The number of amides is 1. The zero-order chi connectivity index (χ0) is 26.9. The van der Waals surface area contributed by atoms with Crippen molar-refractivity contribution in [3.05, 3.63) is 58.1 Å². The van der Waals surface area contributed by atoms with E-state index in [1.807, 2.05) is 13.0 Å². The second-order valence-corrected chi connectivity index (χ2v) is 12.8. The second kappa shape index (κ2) is 11.2. The zero-order valence-electron chi connectivity index (χ0n) is 21.5.